The van der Waals surface area contributed by atoms with Gasteiger partial charge in [0.15, 0.2) is 6.10 Å². The van der Waals surface area contributed by atoms with E-state index in [2.05, 4.69) is 0 Å². The van der Waals surface area contributed by atoms with Gasteiger partial charge in [-0.15, -0.1) is 0 Å². The lowest BCUT2D eigenvalue weighted by atomic mass is 10.0. The topological polar surface area (TPSA) is 38.8 Å². The van der Waals surface area contributed by atoms with Crippen LogP contribution in [-0.4, -0.2) is 17.7 Å². The van der Waals surface area contributed by atoms with Crippen LogP contribution in [0.5, 0.6) is 5.75 Å². The number of hydrogen-bond donors (Lipinski definition) is 0. The van der Waals surface area contributed by atoms with E-state index in [0.29, 0.717) is 11.3 Å². The minimum absolute atomic E-state index is 0.0318. The first-order valence-corrected chi connectivity index (χ1v) is 4.21. The van der Waals surface area contributed by atoms with Crippen LogP contribution in [0.2, 0.25) is 0 Å². The third-order valence-electron chi connectivity index (χ3n) is 2.47. The number of benzene rings is 1. The Balaban J connectivity index is 2.17. The number of fused-ring (bicyclic) bond motifs is 2. The van der Waals surface area contributed by atoms with E-state index in [9.17, 15) is 4.79 Å². The molecule has 0 saturated carbocycles. The van der Waals surface area contributed by atoms with Crippen LogP contribution in [0.15, 0.2) is 24.3 Å². The number of ketones is 1. The van der Waals surface area contributed by atoms with E-state index >= 15 is 0 Å². The molecule has 0 aliphatic carbocycles. The van der Waals surface area contributed by atoms with Crippen molar-refractivity contribution in [2.45, 2.75) is 18.8 Å². The van der Waals surface area contributed by atoms with Crippen molar-refractivity contribution in [3.8, 4) is 5.75 Å². The fourth-order valence-electron chi connectivity index (χ4n) is 1.69. The standard InChI is InChI=1S/C10H8O3/c1-10-9(13-10)8(11)6-4-2-3-5-7(6)12-10/h2-5,9H,1H3. The predicted octanol–water partition coefficient (Wildman–Crippen LogP) is 1.38. The average molecular weight is 176 g/mol. The maximum absolute atomic E-state index is 11.7. The molecule has 1 saturated heterocycles. The number of carbonyl (C=O) groups is 1. The van der Waals surface area contributed by atoms with Crippen molar-refractivity contribution in [1.29, 1.82) is 0 Å². The molecule has 1 aromatic rings. The normalized spacial score (nSPS) is 34.5. The number of Topliss-reactive ketones (excluding diaryl/α,β-unsaturated/α-hetero) is 1. The predicted molar refractivity (Wildman–Crippen MR) is 44.7 cm³/mol. The molecule has 1 fully saturated rings. The van der Waals surface area contributed by atoms with Gasteiger partial charge in [-0.3, -0.25) is 4.79 Å². The van der Waals surface area contributed by atoms with Crippen molar-refractivity contribution in [2.75, 3.05) is 0 Å². The van der Waals surface area contributed by atoms with Gasteiger partial charge in [0.05, 0.1) is 5.56 Å². The Morgan fingerprint density at radius 2 is 2.15 bits per heavy atom. The van der Waals surface area contributed by atoms with Crippen molar-refractivity contribution in [2.24, 2.45) is 0 Å². The summed E-state index contributed by atoms with van der Waals surface area (Å²) in [5.41, 5.74) is 0.627. The van der Waals surface area contributed by atoms with E-state index in [4.69, 9.17) is 9.47 Å². The minimum atomic E-state index is -0.689. The second-order valence-corrected chi connectivity index (χ2v) is 3.48. The molecule has 3 rings (SSSR count). The number of epoxide rings is 1. The van der Waals surface area contributed by atoms with Gasteiger partial charge in [0.1, 0.15) is 5.75 Å². The summed E-state index contributed by atoms with van der Waals surface area (Å²) in [6.45, 7) is 1.78. The van der Waals surface area contributed by atoms with E-state index in [1.165, 1.54) is 0 Å². The Bertz CT molecular complexity index is 399. The largest absolute Gasteiger partial charge is 0.458 e. The first kappa shape index (κ1) is 7.09. The molecule has 2 unspecified atom stereocenters. The van der Waals surface area contributed by atoms with Gasteiger partial charge < -0.3 is 9.47 Å². The van der Waals surface area contributed by atoms with Crippen molar-refractivity contribution in [3.63, 3.8) is 0 Å². The molecule has 0 amide bonds. The van der Waals surface area contributed by atoms with Crippen LogP contribution in [0.25, 0.3) is 0 Å². The van der Waals surface area contributed by atoms with E-state index in [1.807, 2.05) is 12.1 Å². The second kappa shape index (κ2) is 1.93. The molecule has 0 aromatic heterocycles. The molecule has 0 spiro atoms. The molecule has 13 heavy (non-hydrogen) atoms. The second-order valence-electron chi connectivity index (χ2n) is 3.48. The molecule has 2 heterocycles. The quantitative estimate of drug-likeness (QED) is 0.560. The minimum Gasteiger partial charge on any atom is -0.458 e. The van der Waals surface area contributed by atoms with E-state index in [0.717, 1.165) is 0 Å². The molecular weight excluding hydrogens is 168 g/mol. The van der Waals surface area contributed by atoms with Crippen LogP contribution in [0.1, 0.15) is 17.3 Å². The Morgan fingerprint density at radius 1 is 1.38 bits per heavy atom. The fourth-order valence-corrected chi connectivity index (χ4v) is 1.69. The summed E-state index contributed by atoms with van der Waals surface area (Å²) in [6.07, 6.45) is -0.387. The first-order valence-electron chi connectivity index (χ1n) is 4.21. The number of ether oxygens (including phenoxy) is 2. The summed E-state index contributed by atoms with van der Waals surface area (Å²) >= 11 is 0. The highest BCUT2D eigenvalue weighted by Gasteiger charge is 2.63. The highest BCUT2D eigenvalue weighted by molar-refractivity contribution is 6.05. The summed E-state index contributed by atoms with van der Waals surface area (Å²) in [4.78, 5) is 11.7. The van der Waals surface area contributed by atoms with Crippen LogP contribution in [0.3, 0.4) is 0 Å². The van der Waals surface area contributed by atoms with E-state index < -0.39 is 5.79 Å². The smallest absolute Gasteiger partial charge is 0.242 e. The highest BCUT2D eigenvalue weighted by Crippen LogP contribution is 2.45. The number of rotatable bonds is 0. The van der Waals surface area contributed by atoms with Gasteiger partial charge in [-0.25, -0.2) is 0 Å². The molecule has 3 heteroatoms. The zero-order valence-electron chi connectivity index (χ0n) is 7.11. The summed E-state index contributed by atoms with van der Waals surface area (Å²) in [6, 6.07) is 7.22. The van der Waals surface area contributed by atoms with Gasteiger partial charge in [-0.05, 0) is 12.1 Å². The third-order valence-corrected chi connectivity index (χ3v) is 2.47. The molecule has 0 N–H and O–H groups in total. The molecular formula is C10H8O3. The Labute approximate surface area is 75.3 Å². The van der Waals surface area contributed by atoms with Crippen LogP contribution in [-0.2, 0) is 4.74 Å². The Hall–Kier alpha value is -1.35. The number of para-hydroxylation sites is 1. The van der Waals surface area contributed by atoms with E-state index in [1.54, 1.807) is 19.1 Å². The van der Waals surface area contributed by atoms with Gasteiger partial charge in [-0.2, -0.15) is 0 Å². The Kier molecular flexibility index (Phi) is 1.05. The van der Waals surface area contributed by atoms with Gasteiger partial charge in [0, 0.05) is 6.92 Å². The number of carbonyl (C=O) groups excluding carboxylic acids is 1. The summed E-state index contributed by atoms with van der Waals surface area (Å²) in [5, 5.41) is 0. The Morgan fingerprint density at radius 3 is 3.00 bits per heavy atom. The van der Waals surface area contributed by atoms with Gasteiger partial charge >= 0.3 is 0 Å². The summed E-state index contributed by atoms with van der Waals surface area (Å²) < 4.78 is 10.7. The lowest BCUT2D eigenvalue weighted by Crippen LogP contribution is -2.29. The molecule has 0 radical (unpaired) electrons. The van der Waals surface area contributed by atoms with Crippen LogP contribution in [0.4, 0.5) is 0 Å². The molecule has 1 aromatic carbocycles. The van der Waals surface area contributed by atoms with Crippen LogP contribution in [0, 0.1) is 0 Å². The lowest BCUT2D eigenvalue weighted by Gasteiger charge is -2.17. The number of hydrogen-bond acceptors (Lipinski definition) is 3. The molecule has 0 bridgehead atoms. The fraction of sp³-hybridized carbons (Fsp3) is 0.300. The maximum atomic E-state index is 11.7. The van der Waals surface area contributed by atoms with Crippen molar-refractivity contribution >= 4 is 5.78 Å². The average Bonchev–Trinajstić information content (AvgIpc) is 2.78. The van der Waals surface area contributed by atoms with Crippen LogP contribution >= 0.6 is 0 Å². The highest BCUT2D eigenvalue weighted by atomic mass is 16.8. The summed E-state index contributed by atoms with van der Waals surface area (Å²) in [5.74, 6) is -0.0288. The monoisotopic (exact) mass is 176 g/mol. The first-order chi connectivity index (χ1) is 6.21. The van der Waals surface area contributed by atoms with Crippen molar-refractivity contribution < 1.29 is 14.3 Å². The zero-order valence-corrected chi connectivity index (χ0v) is 7.11. The molecule has 66 valence electrons. The van der Waals surface area contributed by atoms with Crippen molar-refractivity contribution in [1.82, 2.24) is 0 Å². The maximum Gasteiger partial charge on any atom is 0.242 e. The van der Waals surface area contributed by atoms with E-state index in [-0.39, 0.29) is 11.9 Å². The summed E-state index contributed by atoms with van der Waals surface area (Å²) in [7, 11) is 0. The lowest BCUT2D eigenvalue weighted by molar-refractivity contribution is 0.0765. The van der Waals surface area contributed by atoms with Gasteiger partial charge in [0.2, 0.25) is 11.6 Å². The van der Waals surface area contributed by atoms with Gasteiger partial charge in [0.25, 0.3) is 0 Å². The molecule has 2 atom stereocenters. The van der Waals surface area contributed by atoms with Crippen molar-refractivity contribution in [3.05, 3.63) is 29.8 Å². The SMILES string of the molecule is CC12Oc3ccccc3C(=O)C1O2. The third kappa shape index (κ3) is 0.795. The van der Waals surface area contributed by atoms with Crippen LogP contribution < -0.4 is 4.74 Å². The zero-order chi connectivity index (χ0) is 9.05. The van der Waals surface area contributed by atoms with Gasteiger partial charge in [-0.1, -0.05) is 12.1 Å². The molecule has 3 nitrogen and oxygen atoms in total. The molecule has 2 aliphatic rings. The molecule has 2 aliphatic heterocycles.